The van der Waals surface area contributed by atoms with E-state index in [4.69, 9.17) is 0 Å². The van der Waals surface area contributed by atoms with E-state index >= 15 is 0 Å². The highest BCUT2D eigenvalue weighted by Crippen LogP contribution is 2.32. The van der Waals surface area contributed by atoms with Crippen molar-refractivity contribution in [3.63, 3.8) is 0 Å². The Morgan fingerprint density at radius 1 is 1.21 bits per heavy atom. The molecular formula is C13H12N2O4. The molecule has 2 atom stereocenters. The van der Waals surface area contributed by atoms with Gasteiger partial charge in [-0.3, -0.25) is 29.4 Å². The second-order valence-electron chi connectivity index (χ2n) is 4.78. The van der Waals surface area contributed by atoms with Crippen LogP contribution < -0.4 is 5.32 Å². The summed E-state index contributed by atoms with van der Waals surface area (Å²) in [4.78, 5) is 48.3. The normalized spacial score (nSPS) is 30.3. The fourth-order valence-corrected chi connectivity index (χ4v) is 2.69. The first-order chi connectivity index (χ1) is 9.09. The molecular weight excluding hydrogens is 248 g/mol. The van der Waals surface area contributed by atoms with Crippen LogP contribution in [-0.2, 0) is 19.2 Å². The molecule has 0 spiro atoms. The Balaban J connectivity index is 1.91. The fraction of sp³-hybridized carbons (Fsp3) is 0.385. The highest BCUT2D eigenvalue weighted by Gasteiger charge is 2.48. The molecule has 0 bridgehead atoms. The van der Waals surface area contributed by atoms with Crippen LogP contribution in [0.25, 0.3) is 0 Å². The van der Waals surface area contributed by atoms with Crippen LogP contribution in [0.2, 0.25) is 0 Å². The lowest BCUT2D eigenvalue weighted by Crippen LogP contribution is -2.54. The quantitative estimate of drug-likeness (QED) is 0.516. The third kappa shape index (κ3) is 1.71. The van der Waals surface area contributed by atoms with Gasteiger partial charge in [-0.25, -0.2) is 0 Å². The Labute approximate surface area is 109 Å². The topological polar surface area (TPSA) is 83.6 Å². The van der Waals surface area contributed by atoms with E-state index in [0.29, 0.717) is 12.0 Å². The fourth-order valence-electron chi connectivity index (χ4n) is 2.69. The number of fused-ring (bicyclic) bond motifs is 1. The highest BCUT2D eigenvalue weighted by molar-refractivity contribution is 6.18. The van der Waals surface area contributed by atoms with E-state index in [-0.39, 0.29) is 24.7 Å². The Morgan fingerprint density at radius 2 is 2.00 bits per heavy atom. The lowest BCUT2D eigenvalue weighted by molar-refractivity contribution is -0.150. The lowest BCUT2D eigenvalue weighted by Gasteiger charge is -2.27. The molecule has 19 heavy (non-hydrogen) atoms. The van der Waals surface area contributed by atoms with E-state index in [0.717, 1.165) is 4.90 Å². The largest absolute Gasteiger partial charge is 0.295 e. The Morgan fingerprint density at radius 3 is 2.68 bits per heavy atom. The summed E-state index contributed by atoms with van der Waals surface area (Å²) in [5.41, 5.74) is 0.442. The van der Waals surface area contributed by atoms with Gasteiger partial charge in [-0.1, -0.05) is 18.2 Å². The van der Waals surface area contributed by atoms with Crippen LogP contribution in [0, 0.1) is 5.92 Å². The van der Waals surface area contributed by atoms with Crippen LogP contribution in [0.5, 0.6) is 0 Å². The number of carbonyl (C=O) groups is 4. The zero-order valence-electron chi connectivity index (χ0n) is 10.1. The number of nitrogens with one attached hydrogen (secondary N) is 1. The van der Waals surface area contributed by atoms with Gasteiger partial charge in [0.1, 0.15) is 6.04 Å². The summed E-state index contributed by atoms with van der Waals surface area (Å²) in [5, 5.41) is 2.17. The van der Waals surface area contributed by atoms with Crippen molar-refractivity contribution in [1.82, 2.24) is 10.2 Å². The second kappa shape index (κ2) is 4.15. The number of rotatable bonds is 1. The Kier molecular flexibility index (Phi) is 2.58. The number of piperidine rings is 1. The molecule has 3 rings (SSSR count). The zero-order valence-corrected chi connectivity index (χ0v) is 10.1. The molecule has 2 aliphatic heterocycles. The van der Waals surface area contributed by atoms with Crippen LogP contribution in [-0.4, -0.2) is 34.6 Å². The smallest absolute Gasteiger partial charge is 0.257 e. The monoisotopic (exact) mass is 260 g/mol. The summed E-state index contributed by atoms with van der Waals surface area (Å²) >= 11 is 0. The third-order valence-electron chi connectivity index (χ3n) is 3.63. The van der Waals surface area contributed by atoms with E-state index in [1.165, 1.54) is 0 Å². The van der Waals surface area contributed by atoms with Crippen LogP contribution in [0.1, 0.15) is 19.3 Å². The van der Waals surface area contributed by atoms with Crippen LogP contribution in [0.15, 0.2) is 23.8 Å². The van der Waals surface area contributed by atoms with E-state index in [1.807, 2.05) is 6.08 Å². The van der Waals surface area contributed by atoms with Crippen molar-refractivity contribution in [3.05, 3.63) is 23.8 Å². The first kappa shape index (κ1) is 11.8. The van der Waals surface area contributed by atoms with E-state index < -0.39 is 23.8 Å². The molecule has 1 N–H and O–H groups in total. The molecule has 0 saturated carbocycles. The number of hydrogen-bond acceptors (Lipinski definition) is 4. The molecule has 6 nitrogen and oxygen atoms in total. The number of likely N-dealkylation sites (tertiary alicyclic amines) is 1. The lowest BCUT2D eigenvalue weighted by atomic mass is 9.96. The minimum atomic E-state index is -0.863. The van der Waals surface area contributed by atoms with Crippen molar-refractivity contribution >= 4 is 23.6 Å². The first-order valence-corrected chi connectivity index (χ1v) is 6.17. The standard InChI is InChI=1S/C13H12N2O4/c16-10-6-5-9(11(17)14-10)15-12(18)7-3-1-2-4-8(7)13(15)19/h1,3-4,7,9H,2,5-6H2,(H,14,16,17). The van der Waals surface area contributed by atoms with Crippen molar-refractivity contribution in [2.75, 3.05) is 0 Å². The maximum atomic E-state index is 12.2. The van der Waals surface area contributed by atoms with Gasteiger partial charge >= 0.3 is 0 Å². The maximum absolute atomic E-state index is 12.2. The first-order valence-electron chi connectivity index (χ1n) is 6.17. The third-order valence-corrected chi connectivity index (χ3v) is 3.63. The molecule has 0 aromatic carbocycles. The summed E-state index contributed by atoms with van der Waals surface area (Å²) in [6, 6.07) is -0.863. The molecule has 0 aromatic rings. The minimum absolute atomic E-state index is 0.146. The molecule has 98 valence electrons. The number of nitrogens with zero attached hydrogens (tertiary/aromatic N) is 1. The molecule has 2 heterocycles. The van der Waals surface area contributed by atoms with Crippen LogP contribution in [0.4, 0.5) is 0 Å². The summed E-state index contributed by atoms with van der Waals surface area (Å²) in [7, 11) is 0. The predicted molar refractivity (Wildman–Crippen MR) is 63.4 cm³/mol. The van der Waals surface area contributed by atoms with Crippen LogP contribution >= 0.6 is 0 Å². The van der Waals surface area contributed by atoms with Crippen molar-refractivity contribution in [3.8, 4) is 0 Å². The average molecular weight is 260 g/mol. The maximum Gasteiger partial charge on any atom is 0.257 e. The number of allylic oxidation sites excluding steroid dienone is 2. The van der Waals surface area contributed by atoms with Gasteiger partial charge in [0.2, 0.25) is 17.7 Å². The Bertz CT molecular complexity index is 561. The number of amides is 4. The number of hydrogen-bond donors (Lipinski definition) is 1. The molecule has 0 aromatic heterocycles. The Hall–Kier alpha value is -2.24. The van der Waals surface area contributed by atoms with E-state index in [2.05, 4.69) is 5.32 Å². The van der Waals surface area contributed by atoms with Crippen molar-refractivity contribution in [1.29, 1.82) is 0 Å². The van der Waals surface area contributed by atoms with Gasteiger partial charge in [0, 0.05) is 12.0 Å². The minimum Gasteiger partial charge on any atom is -0.295 e. The number of carbonyl (C=O) groups excluding carboxylic acids is 4. The van der Waals surface area contributed by atoms with Gasteiger partial charge in [-0.05, 0) is 12.8 Å². The van der Waals surface area contributed by atoms with Crippen molar-refractivity contribution < 1.29 is 19.2 Å². The summed E-state index contributed by atoms with van der Waals surface area (Å²) in [6.07, 6.45) is 6.21. The molecule has 6 heteroatoms. The molecule has 2 unspecified atom stereocenters. The average Bonchev–Trinajstić information content (AvgIpc) is 2.64. The van der Waals surface area contributed by atoms with Gasteiger partial charge in [-0.2, -0.15) is 0 Å². The molecule has 2 saturated heterocycles. The molecule has 2 fully saturated rings. The summed E-state index contributed by atoms with van der Waals surface area (Å²) < 4.78 is 0. The van der Waals surface area contributed by atoms with Gasteiger partial charge in [0.05, 0.1) is 5.92 Å². The predicted octanol–water partition coefficient (Wildman–Crippen LogP) is -0.337. The van der Waals surface area contributed by atoms with Gasteiger partial charge in [0.25, 0.3) is 5.91 Å². The zero-order chi connectivity index (χ0) is 13.6. The van der Waals surface area contributed by atoms with Crippen molar-refractivity contribution in [2.45, 2.75) is 25.3 Å². The SMILES string of the molecule is O=C1CCC(N2C(=O)C3=CCC=CC3C2=O)C(=O)N1. The second-order valence-corrected chi connectivity index (χ2v) is 4.78. The number of imide groups is 2. The molecule has 0 radical (unpaired) electrons. The molecule has 3 aliphatic rings. The molecule has 4 amide bonds. The van der Waals surface area contributed by atoms with Crippen LogP contribution in [0.3, 0.4) is 0 Å². The van der Waals surface area contributed by atoms with Gasteiger partial charge in [-0.15, -0.1) is 0 Å². The molecule has 1 aliphatic carbocycles. The van der Waals surface area contributed by atoms with Gasteiger partial charge < -0.3 is 0 Å². The summed E-state index contributed by atoms with van der Waals surface area (Å²) in [5.74, 6) is -2.28. The van der Waals surface area contributed by atoms with Gasteiger partial charge in [0.15, 0.2) is 0 Å². The van der Waals surface area contributed by atoms with E-state index in [1.54, 1.807) is 12.2 Å². The van der Waals surface area contributed by atoms with Crippen molar-refractivity contribution in [2.24, 2.45) is 5.92 Å². The van der Waals surface area contributed by atoms with E-state index in [9.17, 15) is 19.2 Å². The highest BCUT2D eigenvalue weighted by atomic mass is 16.2. The summed E-state index contributed by atoms with van der Waals surface area (Å²) in [6.45, 7) is 0.